The zero-order valence-electron chi connectivity index (χ0n) is 16.5. The molecule has 6 nitrogen and oxygen atoms in total. The third kappa shape index (κ3) is 3.19. The Bertz CT molecular complexity index is 747. The molecule has 3 fully saturated rings. The van der Waals surface area contributed by atoms with E-state index in [2.05, 4.69) is 5.32 Å². The second-order valence-corrected chi connectivity index (χ2v) is 8.26. The lowest BCUT2D eigenvalue weighted by molar-refractivity contribution is -0.141. The number of amides is 3. The number of hydrogen-bond acceptors (Lipinski definition) is 4. The first kappa shape index (κ1) is 19.0. The first-order valence-electron chi connectivity index (χ1n) is 10.3. The summed E-state index contributed by atoms with van der Waals surface area (Å²) >= 11 is 0. The van der Waals surface area contributed by atoms with Crippen molar-refractivity contribution in [2.24, 2.45) is 23.7 Å². The molecule has 2 saturated carbocycles. The Balaban J connectivity index is 1.34. The van der Waals surface area contributed by atoms with Gasteiger partial charge in [0.1, 0.15) is 5.75 Å². The summed E-state index contributed by atoms with van der Waals surface area (Å²) in [6.07, 6.45) is 4.08. The molecule has 0 aromatic heterocycles. The van der Waals surface area contributed by atoms with Crippen molar-refractivity contribution in [3.8, 4) is 5.75 Å². The fourth-order valence-corrected chi connectivity index (χ4v) is 5.43. The van der Waals surface area contributed by atoms with E-state index in [0.29, 0.717) is 11.8 Å². The molecular formula is C22H28N2O4. The zero-order chi connectivity index (χ0) is 19.8. The highest BCUT2D eigenvalue weighted by Crippen LogP contribution is 2.56. The highest BCUT2D eigenvalue weighted by Gasteiger charge is 2.60. The average molecular weight is 384 g/mol. The minimum Gasteiger partial charge on any atom is -0.497 e. The van der Waals surface area contributed by atoms with Crippen molar-refractivity contribution in [1.82, 2.24) is 10.2 Å². The predicted molar refractivity (Wildman–Crippen MR) is 103 cm³/mol. The highest BCUT2D eigenvalue weighted by atomic mass is 16.5. The fourth-order valence-electron chi connectivity index (χ4n) is 5.43. The van der Waals surface area contributed by atoms with Gasteiger partial charge in [0, 0.05) is 13.0 Å². The van der Waals surface area contributed by atoms with Crippen molar-refractivity contribution >= 4 is 17.7 Å². The monoisotopic (exact) mass is 384 g/mol. The quantitative estimate of drug-likeness (QED) is 0.734. The molecule has 2 aliphatic carbocycles. The van der Waals surface area contributed by atoms with Gasteiger partial charge in [-0.05, 0) is 55.2 Å². The largest absolute Gasteiger partial charge is 0.497 e. The molecule has 1 saturated heterocycles. The molecule has 6 heteroatoms. The van der Waals surface area contributed by atoms with Gasteiger partial charge in [-0.25, -0.2) is 0 Å². The highest BCUT2D eigenvalue weighted by molar-refractivity contribution is 6.06. The standard InChI is InChI=1S/C22H28N2O4/c1-3-17(13-6-8-16(28-2)9-7-13)23-18(25)10-11-24-21(26)19-14-4-5-15(12-14)20(19)22(24)27/h6-9,14-15,17,19-20H,3-5,10-12H2,1-2H3,(H,23,25)/t14-,15-,17-,19-,20+/m0/s1. The maximum Gasteiger partial charge on any atom is 0.233 e. The van der Waals surface area contributed by atoms with E-state index in [1.807, 2.05) is 31.2 Å². The summed E-state index contributed by atoms with van der Waals surface area (Å²) in [6.45, 7) is 2.20. The van der Waals surface area contributed by atoms with E-state index < -0.39 is 0 Å². The summed E-state index contributed by atoms with van der Waals surface area (Å²) in [5.41, 5.74) is 1.01. The molecule has 0 unspecified atom stereocenters. The number of rotatable bonds is 7. The first-order valence-corrected chi connectivity index (χ1v) is 10.3. The van der Waals surface area contributed by atoms with Crippen LogP contribution in [0.3, 0.4) is 0 Å². The molecule has 150 valence electrons. The van der Waals surface area contributed by atoms with Crippen molar-refractivity contribution in [2.45, 2.75) is 45.1 Å². The van der Waals surface area contributed by atoms with Crippen LogP contribution in [-0.2, 0) is 14.4 Å². The molecule has 4 rings (SSSR count). The molecule has 1 heterocycles. The Labute approximate surface area is 165 Å². The SMILES string of the molecule is CC[C@H](NC(=O)CCN1C(=O)[C@@H]2[C@H]3CC[C@@H](C3)[C@@H]2C1=O)c1ccc(OC)cc1. The van der Waals surface area contributed by atoms with Crippen LogP contribution in [-0.4, -0.2) is 36.3 Å². The Morgan fingerprint density at radius 3 is 2.29 bits per heavy atom. The number of carbonyl (C=O) groups excluding carboxylic acids is 3. The maximum atomic E-state index is 12.7. The fraction of sp³-hybridized carbons (Fsp3) is 0.591. The van der Waals surface area contributed by atoms with Crippen LogP contribution in [0.15, 0.2) is 24.3 Å². The predicted octanol–water partition coefficient (Wildman–Crippen LogP) is 2.68. The van der Waals surface area contributed by atoms with Gasteiger partial charge in [-0.1, -0.05) is 19.1 Å². The number of methoxy groups -OCH3 is 1. The summed E-state index contributed by atoms with van der Waals surface area (Å²) < 4.78 is 5.17. The average Bonchev–Trinajstić information content (AvgIpc) is 3.39. The van der Waals surface area contributed by atoms with E-state index in [4.69, 9.17) is 4.74 Å². The van der Waals surface area contributed by atoms with Crippen molar-refractivity contribution in [3.63, 3.8) is 0 Å². The van der Waals surface area contributed by atoms with E-state index >= 15 is 0 Å². The van der Waals surface area contributed by atoms with Crippen LogP contribution < -0.4 is 10.1 Å². The Hall–Kier alpha value is -2.37. The molecule has 28 heavy (non-hydrogen) atoms. The van der Waals surface area contributed by atoms with Gasteiger partial charge in [-0.2, -0.15) is 0 Å². The Morgan fingerprint density at radius 1 is 1.14 bits per heavy atom. The van der Waals surface area contributed by atoms with Crippen LogP contribution in [0.1, 0.15) is 50.6 Å². The number of nitrogens with one attached hydrogen (secondary N) is 1. The smallest absolute Gasteiger partial charge is 0.233 e. The van der Waals surface area contributed by atoms with E-state index in [0.717, 1.165) is 37.0 Å². The first-order chi connectivity index (χ1) is 13.5. The second-order valence-electron chi connectivity index (χ2n) is 8.26. The second kappa shape index (κ2) is 7.57. The summed E-state index contributed by atoms with van der Waals surface area (Å²) in [4.78, 5) is 39.3. The van der Waals surface area contributed by atoms with Gasteiger partial charge < -0.3 is 10.1 Å². The molecule has 0 radical (unpaired) electrons. The normalized spacial score (nSPS) is 29.1. The van der Waals surface area contributed by atoms with Gasteiger partial charge in [0.2, 0.25) is 17.7 Å². The summed E-state index contributed by atoms with van der Waals surface area (Å²) in [6, 6.07) is 7.53. The summed E-state index contributed by atoms with van der Waals surface area (Å²) in [7, 11) is 1.62. The van der Waals surface area contributed by atoms with Crippen molar-refractivity contribution in [3.05, 3.63) is 29.8 Å². The number of imide groups is 1. The van der Waals surface area contributed by atoms with E-state index in [9.17, 15) is 14.4 Å². The molecule has 1 aromatic rings. The Kier molecular flexibility index (Phi) is 5.13. The van der Waals surface area contributed by atoms with Crippen molar-refractivity contribution in [1.29, 1.82) is 0 Å². The summed E-state index contributed by atoms with van der Waals surface area (Å²) in [5.74, 6) is 1.08. The molecule has 1 aliphatic heterocycles. The van der Waals surface area contributed by atoms with E-state index in [1.54, 1.807) is 7.11 Å². The van der Waals surface area contributed by atoms with Crippen LogP contribution in [0, 0.1) is 23.7 Å². The van der Waals surface area contributed by atoms with Gasteiger partial charge >= 0.3 is 0 Å². The van der Waals surface area contributed by atoms with Gasteiger partial charge in [0.25, 0.3) is 0 Å². The molecular weight excluding hydrogens is 356 g/mol. The van der Waals surface area contributed by atoms with Gasteiger partial charge in [0.05, 0.1) is 25.0 Å². The number of likely N-dealkylation sites (tertiary alicyclic amines) is 1. The van der Waals surface area contributed by atoms with Gasteiger partial charge in [-0.3, -0.25) is 19.3 Å². The van der Waals surface area contributed by atoms with E-state index in [1.165, 1.54) is 4.90 Å². The minimum atomic E-state index is -0.136. The van der Waals surface area contributed by atoms with Crippen LogP contribution in [0.4, 0.5) is 0 Å². The van der Waals surface area contributed by atoms with Gasteiger partial charge in [0.15, 0.2) is 0 Å². The third-order valence-corrected chi connectivity index (χ3v) is 6.84. The molecule has 5 atom stereocenters. The molecule has 0 spiro atoms. The van der Waals surface area contributed by atoms with E-state index in [-0.39, 0.29) is 48.6 Å². The van der Waals surface area contributed by atoms with Crippen molar-refractivity contribution < 1.29 is 19.1 Å². The molecule has 1 aromatic carbocycles. The van der Waals surface area contributed by atoms with Crippen LogP contribution >= 0.6 is 0 Å². The molecule has 1 N–H and O–H groups in total. The minimum absolute atomic E-state index is 0.0443. The number of hydrogen-bond donors (Lipinski definition) is 1. The molecule has 2 bridgehead atoms. The maximum absolute atomic E-state index is 12.7. The topological polar surface area (TPSA) is 75.7 Å². The number of benzene rings is 1. The van der Waals surface area contributed by atoms with Crippen LogP contribution in [0.25, 0.3) is 0 Å². The summed E-state index contributed by atoms with van der Waals surface area (Å²) in [5, 5.41) is 3.03. The number of carbonyl (C=O) groups is 3. The lowest BCUT2D eigenvalue weighted by Crippen LogP contribution is -2.37. The number of ether oxygens (including phenoxy) is 1. The van der Waals surface area contributed by atoms with Crippen LogP contribution in [0.2, 0.25) is 0 Å². The Morgan fingerprint density at radius 2 is 1.75 bits per heavy atom. The molecule has 3 aliphatic rings. The molecule has 3 amide bonds. The lowest BCUT2D eigenvalue weighted by atomic mass is 9.81. The number of nitrogens with zero attached hydrogens (tertiary/aromatic N) is 1. The zero-order valence-corrected chi connectivity index (χ0v) is 16.5. The lowest BCUT2D eigenvalue weighted by Gasteiger charge is -2.20. The number of fused-ring (bicyclic) bond motifs is 5. The third-order valence-electron chi connectivity index (χ3n) is 6.84. The van der Waals surface area contributed by atoms with Crippen LogP contribution in [0.5, 0.6) is 5.75 Å². The van der Waals surface area contributed by atoms with Crippen molar-refractivity contribution in [2.75, 3.05) is 13.7 Å². The van der Waals surface area contributed by atoms with Gasteiger partial charge in [-0.15, -0.1) is 0 Å².